The molecule has 0 heterocycles. The van der Waals surface area contributed by atoms with E-state index in [0.717, 1.165) is 0 Å². The summed E-state index contributed by atoms with van der Waals surface area (Å²) in [5, 5.41) is 9.26. The van der Waals surface area contributed by atoms with E-state index in [-0.39, 0.29) is 12.8 Å². The summed E-state index contributed by atoms with van der Waals surface area (Å²) in [6.07, 6.45) is 0.888. The fourth-order valence-corrected chi connectivity index (χ4v) is 1.20. The number of halogens is 1. The van der Waals surface area contributed by atoms with Crippen molar-refractivity contribution in [3.63, 3.8) is 0 Å². The summed E-state index contributed by atoms with van der Waals surface area (Å²) in [5.74, 6) is 0. The Labute approximate surface area is 59.0 Å². The Bertz CT molecular complexity index is 128. The predicted octanol–water partition coefficient (Wildman–Crippen LogP) is 0.829. The minimum Gasteiger partial charge on any atom is -0.382 e. The molecule has 1 aliphatic carbocycles. The van der Waals surface area contributed by atoms with Gasteiger partial charge >= 0.3 is 0 Å². The molecule has 1 saturated carbocycles. The molecule has 1 fully saturated rings. The number of rotatable bonds is 1. The van der Waals surface area contributed by atoms with Crippen LogP contribution in [0, 0.1) is 0 Å². The molecule has 0 aliphatic heterocycles. The fourth-order valence-electron chi connectivity index (χ4n) is 1.20. The van der Waals surface area contributed by atoms with Gasteiger partial charge in [0.25, 0.3) is 0 Å². The highest BCUT2D eigenvalue weighted by Gasteiger charge is 2.32. The molecule has 1 rings (SSSR count). The first kappa shape index (κ1) is 7.66. The number of carbonyl (C=O) groups is 1. The van der Waals surface area contributed by atoms with Gasteiger partial charge in [-0.2, -0.15) is 0 Å². The van der Waals surface area contributed by atoms with E-state index in [1.807, 2.05) is 0 Å². The summed E-state index contributed by atoms with van der Waals surface area (Å²) in [6.45, 7) is 0. The number of hydrogen-bond acceptors (Lipinski definition) is 2. The lowest BCUT2D eigenvalue weighted by atomic mass is 9.85. The van der Waals surface area contributed by atoms with Crippen LogP contribution >= 0.6 is 0 Å². The molecule has 0 unspecified atom stereocenters. The van der Waals surface area contributed by atoms with Gasteiger partial charge in [-0.25, -0.2) is 4.39 Å². The Morgan fingerprint density at radius 2 is 2.00 bits per heavy atom. The maximum atomic E-state index is 12.4. The van der Waals surface area contributed by atoms with E-state index < -0.39 is 11.8 Å². The predicted molar refractivity (Wildman–Crippen MR) is 34.4 cm³/mol. The Hall–Kier alpha value is -0.440. The van der Waals surface area contributed by atoms with Gasteiger partial charge in [0.2, 0.25) is 0 Å². The summed E-state index contributed by atoms with van der Waals surface area (Å²) in [6, 6.07) is 0. The minimum atomic E-state index is -1.22. The maximum Gasteiger partial charge on any atom is 0.151 e. The van der Waals surface area contributed by atoms with E-state index in [9.17, 15) is 14.3 Å². The van der Waals surface area contributed by atoms with Crippen molar-refractivity contribution >= 4 is 6.29 Å². The van der Waals surface area contributed by atoms with Crippen LogP contribution in [0.4, 0.5) is 4.39 Å². The Balaban J connectivity index is 2.46. The number of alkyl halides is 1. The summed E-state index contributed by atoms with van der Waals surface area (Å²) in [5.41, 5.74) is -1.22. The highest BCUT2D eigenvalue weighted by Crippen LogP contribution is 2.27. The lowest BCUT2D eigenvalue weighted by Gasteiger charge is -2.27. The zero-order valence-corrected chi connectivity index (χ0v) is 5.72. The molecule has 0 radical (unpaired) electrons. The molecule has 58 valence electrons. The molecule has 0 atom stereocenters. The highest BCUT2D eigenvalue weighted by atomic mass is 19.1. The van der Waals surface area contributed by atoms with Crippen molar-refractivity contribution in [2.45, 2.75) is 37.5 Å². The minimum absolute atomic E-state index is 0.275. The molecule has 0 aromatic rings. The average molecular weight is 146 g/mol. The summed E-state index contributed by atoms with van der Waals surface area (Å²) < 4.78 is 12.4. The van der Waals surface area contributed by atoms with Gasteiger partial charge in [-0.15, -0.1) is 0 Å². The molecule has 3 heteroatoms. The van der Waals surface area contributed by atoms with Crippen LogP contribution in [0.3, 0.4) is 0 Å². The van der Waals surface area contributed by atoms with Crippen LogP contribution in [0.5, 0.6) is 0 Å². The molecule has 0 aromatic carbocycles. The normalized spacial score (nSPS) is 41.2. The van der Waals surface area contributed by atoms with E-state index >= 15 is 0 Å². The molecule has 1 N–H and O–H groups in total. The third-order valence-electron chi connectivity index (χ3n) is 2.00. The molecule has 0 amide bonds. The standard InChI is InChI=1S/C7H11FO2/c8-6-1-3-7(10,5-9)4-2-6/h5-6,10H,1-4H2/t6-,7-. The molecule has 2 nitrogen and oxygen atoms in total. The molecule has 0 saturated heterocycles. The SMILES string of the molecule is O=C[C@]1(O)CC[C@H](F)CC1. The van der Waals surface area contributed by atoms with E-state index in [1.165, 1.54) is 0 Å². The van der Waals surface area contributed by atoms with Crippen LogP contribution in [0.2, 0.25) is 0 Å². The lowest BCUT2D eigenvalue weighted by Crippen LogP contribution is -2.35. The highest BCUT2D eigenvalue weighted by molar-refractivity contribution is 5.62. The van der Waals surface area contributed by atoms with Gasteiger partial charge in [-0.1, -0.05) is 0 Å². The van der Waals surface area contributed by atoms with Crippen molar-refractivity contribution in [2.75, 3.05) is 0 Å². The topological polar surface area (TPSA) is 37.3 Å². The van der Waals surface area contributed by atoms with E-state index in [4.69, 9.17) is 0 Å². The number of aldehydes is 1. The second-order valence-electron chi connectivity index (χ2n) is 2.90. The van der Waals surface area contributed by atoms with Gasteiger partial charge in [-0.3, -0.25) is 0 Å². The molecule has 0 aromatic heterocycles. The van der Waals surface area contributed by atoms with Crippen molar-refractivity contribution in [3.05, 3.63) is 0 Å². The van der Waals surface area contributed by atoms with Crippen LogP contribution in [0.1, 0.15) is 25.7 Å². The molecule has 0 bridgehead atoms. The second-order valence-corrected chi connectivity index (χ2v) is 2.90. The molecule has 1 aliphatic rings. The monoisotopic (exact) mass is 146 g/mol. The third-order valence-corrected chi connectivity index (χ3v) is 2.00. The third kappa shape index (κ3) is 1.53. The van der Waals surface area contributed by atoms with Gasteiger partial charge in [0.15, 0.2) is 6.29 Å². The van der Waals surface area contributed by atoms with Crippen LogP contribution in [-0.4, -0.2) is 23.2 Å². The quantitative estimate of drug-likeness (QED) is 0.556. The van der Waals surface area contributed by atoms with Crippen molar-refractivity contribution in [1.29, 1.82) is 0 Å². The number of aliphatic hydroxyl groups is 1. The first-order chi connectivity index (χ1) is 4.66. The first-order valence-electron chi connectivity index (χ1n) is 3.49. The van der Waals surface area contributed by atoms with Crippen molar-refractivity contribution in [3.8, 4) is 0 Å². The lowest BCUT2D eigenvalue weighted by molar-refractivity contribution is -0.128. The molecular formula is C7H11FO2. The zero-order valence-electron chi connectivity index (χ0n) is 5.72. The summed E-state index contributed by atoms with van der Waals surface area (Å²) in [7, 11) is 0. The molecular weight excluding hydrogens is 135 g/mol. The number of hydrogen-bond donors (Lipinski definition) is 1. The smallest absolute Gasteiger partial charge is 0.151 e. The summed E-state index contributed by atoms with van der Waals surface area (Å²) in [4.78, 5) is 10.2. The summed E-state index contributed by atoms with van der Waals surface area (Å²) >= 11 is 0. The van der Waals surface area contributed by atoms with Crippen LogP contribution < -0.4 is 0 Å². The molecule has 10 heavy (non-hydrogen) atoms. The van der Waals surface area contributed by atoms with Gasteiger partial charge in [0, 0.05) is 0 Å². The van der Waals surface area contributed by atoms with Crippen molar-refractivity contribution in [1.82, 2.24) is 0 Å². The van der Waals surface area contributed by atoms with E-state index in [0.29, 0.717) is 19.1 Å². The van der Waals surface area contributed by atoms with Crippen molar-refractivity contribution in [2.24, 2.45) is 0 Å². The van der Waals surface area contributed by atoms with Gasteiger partial charge in [0.05, 0.1) is 0 Å². The van der Waals surface area contributed by atoms with Gasteiger partial charge < -0.3 is 9.90 Å². The Kier molecular flexibility index (Phi) is 2.04. The molecule has 0 spiro atoms. The largest absolute Gasteiger partial charge is 0.382 e. The fraction of sp³-hybridized carbons (Fsp3) is 0.857. The van der Waals surface area contributed by atoms with Gasteiger partial charge in [-0.05, 0) is 25.7 Å². The maximum absolute atomic E-state index is 12.4. The average Bonchev–Trinajstić information content (AvgIpc) is 1.96. The van der Waals surface area contributed by atoms with Crippen LogP contribution in [-0.2, 0) is 4.79 Å². The second kappa shape index (κ2) is 2.66. The van der Waals surface area contributed by atoms with Crippen LogP contribution in [0.15, 0.2) is 0 Å². The Morgan fingerprint density at radius 3 is 2.40 bits per heavy atom. The number of carbonyl (C=O) groups excluding carboxylic acids is 1. The van der Waals surface area contributed by atoms with Crippen LogP contribution in [0.25, 0.3) is 0 Å². The Morgan fingerprint density at radius 1 is 1.50 bits per heavy atom. The van der Waals surface area contributed by atoms with Crippen molar-refractivity contribution < 1.29 is 14.3 Å². The van der Waals surface area contributed by atoms with Gasteiger partial charge in [0.1, 0.15) is 11.8 Å². The van der Waals surface area contributed by atoms with E-state index in [2.05, 4.69) is 0 Å². The first-order valence-corrected chi connectivity index (χ1v) is 3.49. The zero-order chi connectivity index (χ0) is 7.61. The van der Waals surface area contributed by atoms with E-state index in [1.54, 1.807) is 0 Å².